The van der Waals surface area contributed by atoms with E-state index >= 15 is 0 Å². The lowest BCUT2D eigenvalue weighted by Gasteiger charge is -2.24. The summed E-state index contributed by atoms with van der Waals surface area (Å²) in [5.74, 6) is 2.24. The highest BCUT2D eigenvalue weighted by Crippen LogP contribution is 2.17. The Kier molecular flexibility index (Phi) is 10.1. The van der Waals surface area contributed by atoms with Crippen LogP contribution in [-0.2, 0) is 26.4 Å². The van der Waals surface area contributed by atoms with Gasteiger partial charge in [0.25, 0.3) is 0 Å². The molecule has 1 heterocycles. The van der Waals surface area contributed by atoms with Crippen molar-refractivity contribution >= 4 is 20.6 Å². The molecule has 0 radical (unpaired) electrons. The van der Waals surface area contributed by atoms with Gasteiger partial charge in [-0.05, 0) is 18.6 Å². The number of thioether (sulfide) groups is 1. The topological polar surface area (TPSA) is 36.5 Å². The van der Waals surface area contributed by atoms with Crippen LogP contribution < -0.4 is 4.57 Å². The molecule has 0 aromatic carbocycles. The highest BCUT2D eigenvalue weighted by molar-refractivity contribution is 7.99. The molecule has 0 spiro atoms. The average Bonchev–Trinajstić information content (AvgIpc) is 3.01. The number of hydrogen-bond acceptors (Lipinski definition) is 4. The van der Waals surface area contributed by atoms with Crippen LogP contribution in [0.4, 0.5) is 0 Å². The number of aryl methyl sites for hydroxylation is 2. The second-order valence-electron chi connectivity index (χ2n) is 5.25. The molecule has 0 aliphatic heterocycles. The van der Waals surface area contributed by atoms with Crippen LogP contribution in [0.1, 0.15) is 26.2 Å². The molecule has 0 amide bonds. The first kappa shape index (κ1) is 19.7. The lowest BCUT2D eigenvalue weighted by Crippen LogP contribution is -2.42. The summed E-state index contributed by atoms with van der Waals surface area (Å²) in [5, 5.41) is 0. The van der Waals surface area contributed by atoms with Gasteiger partial charge in [0.05, 0.1) is 13.1 Å². The monoisotopic (exact) mass is 347 g/mol. The highest BCUT2D eigenvalue weighted by Gasteiger charge is 2.36. The summed E-state index contributed by atoms with van der Waals surface area (Å²) in [7, 11) is 2.65. The van der Waals surface area contributed by atoms with Gasteiger partial charge in [-0.15, -0.1) is 0 Å². The average molecular weight is 348 g/mol. The van der Waals surface area contributed by atoms with Crippen LogP contribution in [0, 0.1) is 0 Å². The van der Waals surface area contributed by atoms with Crippen molar-refractivity contribution in [2.24, 2.45) is 0 Å². The van der Waals surface area contributed by atoms with Gasteiger partial charge in [-0.25, -0.2) is 9.13 Å². The fourth-order valence-electron chi connectivity index (χ4n) is 2.26. The quantitative estimate of drug-likeness (QED) is 0.312. The molecule has 5 nitrogen and oxygen atoms in total. The van der Waals surface area contributed by atoms with Crippen molar-refractivity contribution in [3.8, 4) is 0 Å². The number of nitrogens with zero attached hydrogens (tertiary/aromatic N) is 2. The van der Waals surface area contributed by atoms with Gasteiger partial charge in [-0.3, -0.25) is 0 Å². The van der Waals surface area contributed by atoms with Gasteiger partial charge in [0, 0.05) is 33.1 Å². The van der Waals surface area contributed by atoms with Gasteiger partial charge in [-0.2, -0.15) is 11.8 Å². The van der Waals surface area contributed by atoms with Crippen LogP contribution in [0.25, 0.3) is 0 Å². The fourth-order valence-corrected chi connectivity index (χ4v) is 5.13. The van der Waals surface area contributed by atoms with E-state index in [2.05, 4.69) is 34.8 Å². The van der Waals surface area contributed by atoms with Crippen LogP contribution >= 0.6 is 11.8 Å². The molecule has 0 aliphatic rings. The van der Waals surface area contributed by atoms with E-state index in [0.29, 0.717) is 0 Å². The molecule has 0 saturated carbocycles. The maximum absolute atomic E-state index is 5.43. The van der Waals surface area contributed by atoms with Gasteiger partial charge < -0.3 is 13.3 Å². The van der Waals surface area contributed by atoms with Gasteiger partial charge in [0.15, 0.2) is 0 Å². The molecule has 1 aromatic rings. The Morgan fingerprint density at radius 2 is 1.82 bits per heavy atom. The van der Waals surface area contributed by atoms with Crippen molar-refractivity contribution in [2.75, 3.05) is 32.8 Å². The van der Waals surface area contributed by atoms with Crippen LogP contribution in [0.5, 0.6) is 0 Å². The summed E-state index contributed by atoms with van der Waals surface area (Å²) < 4.78 is 20.8. The minimum Gasteiger partial charge on any atom is -0.377 e. The summed E-state index contributed by atoms with van der Waals surface area (Å²) >= 11 is 1.97. The van der Waals surface area contributed by atoms with E-state index in [-0.39, 0.29) is 0 Å². The maximum atomic E-state index is 5.43. The number of hydrogen-bond donors (Lipinski definition) is 0. The SMILES string of the molecule is CCCC[n+]1ccn(CCSCCC[Si](OC)(OC)OC)c1. The lowest BCUT2D eigenvalue weighted by molar-refractivity contribution is -0.696. The largest absolute Gasteiger partial charge is 0.500 e. The van der Waals surface area contributed by atoms with Gasteiger partial charge in [0.1, 0.15) is 12.4 Å². The van der Waals surface area contributed by atoms with E-state index in [1.54, 1.807) is 21.3 Å². The molecule has 1 aromatic heterocycles. The number of imidazole rings is 1. The Morgan fingerprint density at radius 3 is 2.45 bits per heavy atom. The second-order valence-corrected chi connectivity index (χ2v) is 9.57. The number of aromatic nitrogens is 2. The minimum absolute atomic E-state index is 0.879. The molecular formula is C15H31N2O3SSi+. The predicted molar refractivity (Wildman–Crippen MR) is 93.1 cm³/mol. The van der Waals surface area contributed by atoms with Gasteiger partial charge >= 0.3 is 8.80 Å². The fraction of sp³-hybridized carbons (Fsp3) is 0.800. The van der Waals surface area contributed by atoms with E-state index in [1.165, 1.54) is 12.8 Å². The predicted octanol–water partition coefficient (Wildman–Crippen LogP) is 2.58. The molecule has 0 bridgehead atoms. The Morgan fingerprint density at radius 1 is 1.09 bits per heavy atom. The van der Waals surface area contributed by atoms with Crippen molar-refractivity contribution in [3.05, 3.63) is 18.7 Å². The zero-order chi connectivity index (χ0) is 16.3. The molecule has 0 N–H and O–H groups in total. The Labute approximate surface area is 140 Å². The number of unbranched alkanes of at least 4 members (excludes halogenated alkanes) is 1. The van der Waals surface area contributed by atoms with E-state index in [0.717, 1.165) is 37.1 Å². The third-order valence-electron chi connectivity index (χ3n) is 3.71. The Hall–Kier alpha value is -0.343. The maximum Gasteiger partial charge on any atom is 0.500 e. The molecular weight excluding hydrogens is 316 g/mol. The van der Waals surface area contributed by atoms with E-state index in [1.807, 2.05) is 11.8 Å². The first-order valence-corrected chi connectivity index (χ1v) is 11.1. The second kappa shape index (κ2) is 11.2. The van der Waals surface area contributed by atoms with E-state index in [4.69, 9.17) is 13.3 Å². The molecule has 0 unspecified atom stereocenters. The van der Waals surface area contributed by atoms with Crippen LogP contribution in [0.3, 0.4) is 0 Å². The first-order valence-electron chi connectivity index (χ1n) is 7.97. The Balaban J connectivity index is 2.14. The molecule has 0 saturated heterocycles. The standard InChI is InChI=1S/C15H31N2O3SSi/c1-5-6-8-16-9-10-17(15-16)11-13-21-12-7-14-22(18-2,19-3)20-4/h9-10,15H,5-8,11-14H2,1-4H3/q+1. The van der Waals surface area contributed by atoms with Crippen molar-refractivity contribution < 1.29 is 17.8 Å². The zero-order valence-electron chi connectivity index (χ0n) is 14.4. The molecule has 0 fully saturated rings. The normalized spacial score (nSPS) is 12.0. The Bertz CT molecular complexity index is 392. The van der Waals surface area contributed by atoms with Crippen LogP contribution in [0.15, 0.2) is 18.7 Å². The molecule has 1 rings (SSSR count). The highest BCUT2D eigenvalue weighted by atomic mass is 32.2. The molecule has 0 aliphatic carbocycles. The molecule has 7 heteroatoms. The molecule has 22 heavy (non-hydrogen) atoms. The summed E-state index contributed by atoms with van der Waals surface area (Å²) in [6.45, 7) is 4.40. The van der Waals surface area contributed by atoms with Crippen molar-refractivity contribution in [1.82, 2.24) is 4.57 Å². The van der Waals surface area contributed by atoms with Crippen LogP contribution in [0.2, 0.25) is 6.04 Å². The summed E-state index contributed by atoms with van der Waals surface area (Å²) in [6, 6.07) is 0.879. The third-order valence-corrected chi connectivity index (χ3v) is 7.60. The van der Waals surface area contributed by atoms with Crippen molar-refractivity contribution in [2.45, 2.75) is 45.3 Å². The van der Waals surface area contributed by atoms with Gasteiger partial charge in [0.2, 0.25) is 6.33 Å². The van der Waals surface area contributed by atoms with E-state index in [9.17, 15) is 0 Å². The summed E-state index contributed by atoms with van der Waals surface area (Å²) in [6.07, 6.45) is 10.1. The minimum atomic E-state index is -2.37. The van der Waals surface area contributed by atoms with Gasteiger partial charge in [-0.1, -0.05) is 13.3 Å². The smallest absolute Gasteiger partial charge is 0.377 e. The third kappa shape index (κ3) is 6.83. The van der Waals surface area contributed by atoms with E-state index < -0.39 is 8.80 Å². The first-order chi connectivity index (χ1) is 10.7. The molecule has 0 atom stereocenters. The van der Waals surface area contributed by atoms with Crippen LogP contribution in [-0.4, -0.2) is 46.2 Å². The lowest BCUT2D eigenvalue weighted by atomic mass is 10.3. The zero-order valence-corrected chi connectivity index (χ0v) is 16.2. The number of rotatable bonds is 13. The van der Waals surface area contributed by atoms with Crippen molar-refractivity contribution in [3.63, 3.8) is 0 Å². The summed E-state index contributed by atoms with van der Waals surface area (Å²) in [5.41, 5.74) is 0. The van der Waals surface area contributed by atoms with Crippen molar-refractivity contribution in [1.29, 1.82) is 0 Å². The summed E-state index contributed by atoms with van der Waals surface area (Å²) in [4.78, 5) is 0. The molecule has 128 valence electrons.